The number of aryl methyl sites for hydroxylation is 1. The van der Waals surface area contributed by atoms with E-state index < -0.39 is 0 Å². The molecule has 0 aliphatic rings. The van der Waals surface area contributed by atoms with Crippen LogP contribution in [0.4, 0.5) is 4.39 Å². The number of hydrogen-bond acceptors (Lipinski definition) is 6. The monoisotopic (exact) mass is 428 g/mol. The third kappa shape index (κ3) is 3.92. The van der Waals surface area contributed by atoms with Gasteiger partial charge >= 0.3 is 0 Å². The van der Waals surface area contributed by atoms with Gasteiger partial charge in [-0.25, -0.2) is 9.07 Å². The third-order valence-corrected chi connectivity index (χ3v) is 4.59. The van der Waals surface area contributed by atoms with E-state index >= 15 is 0 Å². The summed E-state index contributed by atoms with van der Waals surface area (Å²) in [4.78, 5) is 4.32. The summed E-state index contributed by atoms with van der Waals surface area (Å²) in [6, 6.07) is 12.8. The Kier molecular flexibility index (Phi) is 4.76. The summed E-state index contributed by atoms with van der Waals surface area (Å²) in [5.74, 6) is 1.04. The van der Waals surface area contributed by atoms with E-state index in [1.807, 2.05) is 24.3 Å². The molecule has 9 heteroatoms. The summed E-state index contributed by atoms with van der Waals surface area (Å²) in [6.45, 7) is 1.94. The highest BCUT2D eigenvalue weighted by Gasteiger charge is 2.14. The van der Waals surface area contributed by atoms with Crippen LogP contribution in [-0.4, -0.2) is 30.3 Å². The second-order valence-corrected chi connectivity index (χ2v) is 6.95. The average molecular weight is 429 g/mol. The van der Waals surface area contributed by atoms with E-state index in [4.69, 9.17) is 4.52 Å². The van der Waals surface area contributed by atoms with Crippen LogP contribution in [0.2, 0.25) is 0 Å². The van der Waals surface area contributed by atoms with Gasteiger partial charge in [0.15, 0.2) is 5.82 Å². The van der Waals surface area contributed by atoms with Crippen LogP contribution in [0.15, 0.2) is 51.5 Å². The lowest BCUT2D eigenvalue weighted by atomic mass is 10.1. The van der Waals surface area contributed by atoms with Crippen molar-refractivity contribution in [2.75, 3.05) is 0 Å². The average Bonchev–Trinajstić information content (AvgIpc) is 3.30. The molecule has 0 fully saturated rings. The molecule has 0 unspecified atom stereocenters. The molecule has 0 bridgehead atoms. The van der Waals surface area contributed by atoms with Crippen molar-refractivity contribution in [3.8, 4) is 11.4 Å². The van der Waals surface area contributed by atoms with Gasteiger partial charge in [-0.1, -0.05) is 45.4 Å². The number of hydrogen-bond donors (Lipinski definition) is 0. The maximum Gasteiger partial charge on any atom is 0.248 e. The summed E-state index contributed by atoms with van der Waals surface area (Å²) in [7, 11) is 0. The molecule has 7 nitrogen and oxygen atoms in total. The predicted molar refractivity (Wildman–Crippen MR) is 98.3 cm³/mol. The fourth-order valence-electron chi connectivity index (χ4n) is 2.55. The van der Waals surface area contributed by atoms with Crippen LogP contribution in [0.5, 0.6) is 0 Å². The molecule has 0 amide bonds. The Bertz CT molecular complexity index is 1080. The Labute approximate surface area is 162 Å². The Morgan fingerprint density at radius 3 is 2.74 bits per heavy atom. The van der Waals surface area contributed by atoms with E-state index in [0.717, 1.165) is 10.0 Å². The topological polar surface area (TPSA) is 82.5 Å². The first-order valence-corrected chi connectivity index (χ1v) is 8.96. The molecule has 0 atom stereocenters. The van der Waals surface area contributed by atoms with E-state index in [9.17, 15) is 4.39 Å². The van der Waals surface area contributed by atoms with E-state index in [1.54, 1.807) is 23.7 Å². The minimum absolute atomic E-state index is 0.236. The van der Waals surface area contributed by atoms with Crippen molar-refractivity contribution in [3.05, 3.63) is 75.6 Å². The lowest BCUT2D eigenvalue weighted by molar-refractivity contribution is 0.363. The van der Waals surface area contributed by atoms with E-state index in [1.165, 1.54) is 6.07 Å². The van der Waals surface area contributed by atoms with Crippen LogP contribution < -0.4 is 0 Å². The zero-order valence-corrected chi connectivity index (χ0v) is 15.9. The molecule has 0 aliphatic heterocycles. The van der Waals surface area contributed by atoms with Crippen molar-refractivity contribution in [1.82, 2.24) is 30.3 Å². The van der Waals surface area contributed by atoms with Crippen LogP contribution >= 0.6 is 15.9 Å². The van der Waals surface area contributed by atoms with Gasteiger partial charge in [0.1, 0.15) is 12.4 Å². The van der Waals surface area contributed by atoms with Crippen LogP contribution in [0.1, 0.15) is 22.8 Å². The van der Waals surface area contributed by atoms with Gasteiger partial charge in [-0.05, 0) is 46.7 Å². The molecular formula is C18H14BrFN6O. The van der Waals surface area contributed by atoms with Gasteiger partial charge in [0, 0.05) is 16.5 Å². The molecule has 0 N–H and O–H groups in total. The molecule has 2 aromatic heterocycles. The molecule has 136 valence electrons. The number of tetrazole rings is 1. The van der Waals surface area contributed by atoms with Crippen LogP contribution in [-0.2, 0) is 13.0 Å². The minimum atomic E-state index is -0.309. The van der Waals surface area contributed by atoms with Crippen molar-refractivity contribution >= 4 is 15.9 Å². The molecule has 0 saturated carbocycles. The van der Waals surface area contributed by atoms with Gasteiger partial charge in [0.2, 0.25) is 11.7 Å². The predicted octanol–water partition coefficient (Wildman–Crippen LogP) is 3.57. The van der Waals surface area contributed by atoms with Crippen molar-refractivity contribution < 1.29 is 8.91 Å². The molecule has 4 aromatic rings. The molecule has 0 aliphatic carbocycles. The van der Waals surface area contributed by atoms with Gasteiger partial charge in [-0.2, -0.15) is 4.98 Å². The number of nitrogens with zero attached hydrogens (tertiary/aromatic N) is 6. The molecule has 0 spiro atoms. The highest BCUT2D eigenvalue weighted by molar-refractivity contribution is 9.10. The zero-order chi connectivity index (χ0) is 18.8. The SMILES string of the molecule is Cc1ccc(-c2noc(Cn3nnnc3Cc3ccc(Br)cc3)n2)cc1F. The maximum atomic E-state index is 13.7. The Hall–Kier alpha value is -2.94. The summed E-state index contributed by atoms with van der Waals surface area (Å²) in [5.41, 5.74) is 2.20. The first-order chi connectivity index (χ1) is 13.1. The Morgan fingerprint density at radius 2 is 1.96 bits per heavy atom. The van der Waals surface area contributed by atoms with Gasteiger partial charge < -0.3 is 4.52 Å². The standard InChI is InChI=1S/C18H14BrFN6O/c1-11-2-5-13(9-15(11)20)18-21-17(27-23-18)10-26-16(22-24-25-26)8-12-3-6-14(19)7-4-12/h2-7,9H,8,10H2,1H3. The van der Waals surface area contributed by atoms with Crippen molar-refractivity contribution in [1.29, 1.82) is 0 Å². The second kappa shape index (κ2) is 7.36. The highest BCUT2D eigenvalue weighted by Crippen LogP contribution is 2.19. The van der Waals surface area contributed by atoms with Crippen molar-refractivity contribution in [2.45, 2.75) is 19.9 Å². The Morgan fingerprint density at radius 1 is 1.15 bits per heavy atom. The summed E-state index contributed by atoms with van der Waals surface area (Å²) >= 11 is 3.42. The molecule has 27 heavy (non-hydrogen) atoms. The summed E-state index contributed by atoms with van der Waals surface area (Å²) in [6.07, 6.45) is 0.574. The molecule has 2 aromatic carbocycles. The normalized spacial score (nSPS) is 11.1. The molecule has 0 saturated heterocycles. The van der Waals surface area contributed by atoms with E-state index in [-0.39, 0.29) is 12.4 Å². The number of rotatable bonds is 5. The third-order valence-electron chi connectivity index (χ3n) is 4.06. The first kappa shape index (κ1) is 17.5. The molecular weight excluding hydrogens is 415 g/mol. The maximum absolute atomic E-state index is 13.7. The fraction of sp³-hybridized carbons (Fsp3) is 0.167. The summed E-state index contributed by atoms with van der Waals surface area (Å²) in [5, 5.41) is 15.7. The number of halogens is 2. The molecule has 0 radical (unpaired) electrons. The van der Waals surface area contributed by atoms with Crippen LogP contribution in [0.25, 0.3) is 11.4 Å². The van der Waals surface area contributed by atoms with Crippen molar-refractivity contribution in [2.24, 2.45) is 0 Å². The second-order valence-electron chi connectivity index (χ2n) is 6.03. The van der Waals surface area contributed by atoms with Crippen molar-refractivity contribution in [3.63, 3.8) is 0 Å². The number of aromatic nitrogens is 6. The largest absolute Gasteiger partial charge is 0.337 e. The number of benzene rings is 2. The van der Waals surface area contributed by atoms with E-state index in [0.29, 0.717) is 35.1 Å². The molecule has 2 heterocycles. The van der Waals surface area contributed by atoms with Gasteiger partial charge in [-0.3, -0.25) is 0 Å². The van der Waals surface area contributed by atoms with Gasteiger partial charge in [0.05, 0.1) is 0 Å². The lowest BCUT2D eigenvalue weighted by Gasteiger charge is -2.02. The smallest absolute Gasteiger partial charge is 0.248 e. The zero-order valence-electron chi connectivity index (χ0n) is 14.3. The quantitative estimate of drug-likeness (QED) is 0.483. The minimum Gasteiger partial charge on any atom is -0.337 e. The Balaban J connectivity index is 1.52. The van der Waals surface area contributed by atoms with Gasteiger partial charge in [0.25, 0.3) is 0 Å². The molecule has 4 rings (SSSR count). The van der Waals surface area contributed by atoms with Crippen LogP contribution in [0.3, 0.4) is 0 Å². The van der Waals surface area contributed by atoms with E-state index in [2.05, 4.69) is 41.6 Å². The fourth-order valence-corrected chi connectivity index (χ4v) is 2.82. The summed E-state index contributed by atoms with van der Waals surface area (Å²) < 4.78 is 21.6. The highest BCUT2D eigenvalue weighted by atomic mass is 79.9. The first-order valence-electron chi connectivity index (χ1n) is 8.17. The van der Waals surface area contributed by atoms with Crippen LogP contribution in [0, 0.1) is 12.7 Å². The van der Waals surface area contributed by atoms with Gasteiger partial charge in [-0.15, -0.1) is 5.10 Å². The lowest BCUT2D eigenvalue weighted by Crippen LogP contribution is -2.08.